The monoisotopic (exact) mass is 268 g/mol. The lowest BCUT2D eigenvalue weighted by Crippen LogP contribution is -1.92. The molecule has 0 aliphatic rings. The Morgan fingerprint density at radius 1 is 1.20 bits per heavy atom. The van der Waals surface area contributed by atoms with Gasteiger partial charge in [0, 0.05) is 24.2 Å². The lowest BCUT2D eigenvalue weighted by atomic mass is 10.0. The van der Waals surface area contributed by atoms with E-state index in [2.05, 4.69) is 15.1 Å². The summed E-state index contributed by atoms with van der Waals surface area (Å²) in [6.45, 7) is 0. The summed E-state index contributed by atoms with van der Waals surface area (Å²) in [5.74, 6) is 1.27. The number of hydrogen-bond acceptors (Lipinski definition) is 6. The van der Waals surface area contributed by atoms with E-state index >= 15 is 0 Å². The van der Waals surface area contributed by atoms with Crippen LogP contribution in [0.3, 0.4) is 0 Å². The molecule has 0 saturated heterocycles. The van der Waals surface area contributed by atoms with Gasteiger partial charge >= 0.3 is 0 Å². The zero-order valence-corrected chi connectivity index (χ0v) is 10.8. The molecule has 0 aliphatic carbocycles. The molecule has 3 aromatic rings. The van der Waals surface area contributed by atoms with Crippen LogP contribution in [0.15, 0.2) is 47.4 Å². The van der Waals surface area contributed by atoms with E-state index in [0.29, 0.717) is 28.6 Å². The molecule has 3 aromatic heterocycles. The molecule has 2 N–H and O–H groups in total. The van der Waals surface area contributed by atoms with E-state index in [9.17, 15) is 0 Å². The number of methoxy groups -OCH3 is 1. The third-order valence-corrected chi connectivity index (χ3v) is 2.88. The van der Waals surface area contributed by atoms with Crippen LogP contribution in [0, 0.1) is 0 Å². The lowest BCUT2D eigenvalue weighted by Gasteiger charge is -2.06. The Balaban J connectivity index is 2.22. The Morgan fingerprint density at radius 2 is 2.05 bits per heavy atom. The van der Waals surface area contributed by atoms with Crippen molar-refractivity contribution < 1.29 is 9.26 Å². The highest BCUT2D eigenvalue weighted by Crippen LogP contribution is 2.39. The average molecular weight is 268 g/mol. The van der Waals surface area contributed by atoms with Gasteiger partial charge in [-0.15, -0.1) is 0 Å². The molecule has 0 unspecified atom stereocenters. The lowest BCUT2D eigenvalue weighted by molar-refractivity contribution is 0.393. The first-order chi connectivity index (χ1) is 9.81. The molecule has 6 heteroatoms. The summed E-state index contributed by atoms with van der Waals surface area (Å²) in [7, 11) is 1.55. The van der Waals surface area contributed by atoms with E-state index in [-0.39, 0.29) is 0 Å². The third kappa shape index (κ3) is 1.97. The predicted octanol–water partition coefficient (Wildman–Crippen LogP) is 2.39. The maximum absolute atomic E-state index is 5.91. The normalized spacial score (nSPS) is 10.4. The second kappa shape index (κ2) is 5.00. The fraction of sp³-hybridized carbons (Fsp3) is 0.0714. The van der Waals surface area contributed by atoms with Crippen LogP contribution in [0.4, 0.5) is 5.82 Å². The number of pyridine rings is 2. The molecule has 0 aliphatic heterocycles. The molecule has 0 saturated carbocycles. The summed E-state index contributed by atoms with van der Waals surface area (Å²) < 4.78 is 10.6. The maximum Gasteiger partial charge on any atom is 0.224 e. The van der Waals surface area contributed by atoms with Crippen LogP contribution in [-0.4, -0.2) is 22.2 Å². The molecule has 3 rings (SSSR count). The van der Waals surface area contributed by atoms with Crippen molar-refractivity contribution in [3.63, 3.8) is 0 Å². The van der Waals surface area contributed by atoms with Gasteiger partial charge in [0.1, 0.15) is 0 Å². The second-order valence-electron chi connectivity index (χ2n) is 4.07. The van der Waals surface area contributed by atoms with Gasteiger partial charge in [-0.05, 0) is 18.2 Å². The van der Waals surface area contributed by atoms with Crippen LogP contribution in [0.2, 0.25) is 0 Å². The predicted molar refractivity (Wildman–Crippen MR) is 73.9 cm³/mol. The first-order valence-corrected chi connectivity index (χ1v) is 5.96. The molecule has 6 nitrogen and oxygen atoms in total. The first kappa shape index (κ1) is 12.2. The number of ether oxygens (including phenoxy) is 1. The van der Waals surface area contributed by atoms with E-state index in [1.807, 2.05) is 18.2 Å². The number of aromatic nitrogens is 3. The van der Waals surface area contributed by atoms with Gasteiger partial charge in [0.25, 0.3) is 0 Å². The van der Waals surface area contributed by atoms with Crippen molar-refractivity contribution in [3.8, 4) is 28.3 Å². The molecule has 20 heavy (non-hydrogen) atoms. The van der Waals surface area contributed by atoms with Gasteiger partial charge in [-0.1, -0.05) is 11.2 Å². The van der Waals surface area contributed by atoms with Crippen LogP contribution >= 0.6 is 0 Å². The Hall–Kier alpha value is -2.89. The molecule has 0 atom stereocenters. The summed E-state index contributed by atoms with van der Waals surface area (Å²) in [5.41, 5.74) is 8.11. The minimum absolute atomic E-state index is 0.305. The van der Waals surface area contributed by atoms with Crippen LogP contribution < -0.4 is 10.5 Å². The number of hydrogen-bond donors (Lipinski definition) is 1. The molecular formula is C14H12N4O2. The molecule has 0 aromatic carbocycles. The molecule has 0 radical (unpaired) electrons. The van der Waals surface area contributed by atoms with Gasteiger partial charge in [-0.2, -0.15) is 0 Å². The van der Waals surface area contributed by atoms with E-state index in [1.165, 1.54) is 0 Å². The van der Waals surface area contributed by atoms with Crippen molar-refractivity contribution in [1.29, 1.82) is 0 Å². The number of nitrogens with two attached hydrogens (primary N) is 1. The minimum atomic E-state index is 0.305. The zero-order valence-electron chi connectivity index (χ0n) is 10.8. The van der Waals surface area contributed by atoms with E-state index in [1.54, 1.807) is 31.8 Å². The Kier molecular flexibility index (Phi) is 3.04. The highest BCUT2D eigenvalue weighted by Gasteiger charge is 2.21. The Morgan fingerprint density at radius 3 is 2.80 bits per heavy atom. The molecular weight excluding hydrogens is 256 g/mol. The number of nitrogens with zero attached hydrogens (tertiary/aromatic N) is 3. The van der Waals surface area contributed by atoms with Crippen molar-refractivity contribution in [2.24, 2.45) is 0 Å². The second-order valence-corrected chi connectivity index (χ2v) is 4.07. The highest BCUT2D eigenvalue weighted by molar-refractivity contribution is 5.87. The molecule has 0 amide bonds. The van der Waals surface area contributed by atoms with Gasteiger partial charge < -0.3 is 15.0 Å². The van der Waals surface area contributed by atoms with Crippen LogP contribution in [0.5, 0.6) is 5.88 Å². The molecule has 0 spiro atoms. The third-order valence-electron chi connectivity index (χ3n) is 2.88. The number of nitrogen functional groups attached to an aromatic ring is 1. The first-order valence-electron chi connectivity index (χ1n) is 5.96. The van der Waals surface area contributed by atoms with E-state index in [4.69, 9.17) is 15.0 Å². The average Bonchev–Trinajstić information content (AvgIpc) is 2.89. The fourth-order valence-corrected chi connectivity index (χ4v) is 2.00. The summed E-state index contributed by atoms with van der Waals surface area (Å²) in [6.07, 6.45) is 5.04. The zero-order chi connectivity index (χ0) is 13.9. The summed E-state index contributed by atoms with van der Waals surface area (Å²) in [6, 6.07) is 7.35. The van der Waals surface area contributed by atoms with Crippen LogP contribution in [-0.2, 0) is 0 Å². The number of rotatable bonds is 3. The summed E-state index contributed by atoms with van der Waals surface area (Å²) in [5, 5.41) is 3.84. The standard InChI is InChI=1S/C14H12N4O2/c1-19-14-10(5-3-7-17-14)12-11(13(15)18-20-12)9-4-2-6-16-8-9/h2-8H,1H3,(H2,15,18). The minimum Gasteiger partial charge on any atom is -0.480 e. The van der Waals surface area contributed by atoms with Gasteiger partial charge in [-0.25, -0.2) is 4.98 Å². The van der Waals surface area contributed by atoms with Gasteiger partial charge in [0.05, 0.1) is 18.2 Å². The van der Waals surface area contributed by atoms with Gasteiger partial charge in [-0.3, -0.25) is 4.98 Å². The fourth-order valence-electron chi connectivity index (χ4n) is 2.00. The molecule has 3 heterocycles. The quantitative estimate of drug-likeness (QED) is 0.784. The van der Waals surface area contributed by atoms with Crippen molar-refractivity contribution in [2.75, 3.05) is 12.8 Å². The van der Waals surface area contributed by atoms with Crippen molar-refractivity contribution in [3.05, 3.63) is 42.9 Å². The van der Waals surface area contributed by atoms with Crippen LogP contribution in [0.1, 0.15) is 0 Å². The van der Waals surface area contributed by atoms with Gasteiger partial charge in [0.2, 0.25) is 5.88 Å². The van der Waals surface area contributed by atoms with Crippen LogP contribution in [0.25, 0.3) is 22.5 Å². The smallest absolute Gasteiger partial charge is 0.224 e. The molecule has 100 valence electrons. The largest absolute Gasteiger partial charge is 0.480 e. The topological polar surface area (TPSA) is 87.1 Å². The Bertz CT molecular complexity index is 725. The molecule has 0 bridgehead atoms. The van der Waals surface area contributed by atoms with Gasteiger partial charge in [0.15, 0.2) is 11.6 Å². The highest BCUT2D eigenvalue weighted by atomic mass is 16.5. The number of anilines is 1. The Labute approximate surface area is 115 Å². The van der Waals surface area contributed by atoms with Crippen molar-refractivity contribution >= 4 is 5.82 Å². The van der Waals surface area contributed by atoms with Crippen molar-refractivity contribution in [2.45, 2.75) is 0 Å². The SMILES string of the molecule is COc1ncccc1-c1onc(N)c1-c1cccnc1. The van der Waals surface area contributed by atoms with E-state index < -0.39 is 0 Å². The summed E-state index contributed by atoms with van der Waals surface area (Å²) in [4.78, 5) is 8.24. The van der Waals surface area contributed by atoms with E-state index in [0.717, 1.165) is 5.56 Å². The van der Waals surface area contributed by atoms with Crippen molar-refractivity contribution in [1.82, 2.24) is 15.1 Å². The summed E-state index contributed by atoms with van der Waals surface area (Å²) >= 11 is 0. The maximum atomic E-state index is 5.91. The molecule has 0 fully saturated rings.